The lowest BCUT2D eigenvalue weighted by Gasteiger charge is -2.24. The maximum absolute atomic E-state index is 11.0. The molecular weight excluding hydrogens is 278 g/mol. The molecule has 0 aliphatic carbocycles. The predicted octanol–water partition coefficient (Wildman–Crippen LogP) is 3.82. The summed E-state index contributed by atoms with van der Waals surface area (Å²) in [6.45, 7) is 2.56. The van der Waals surface area contributed by atoms with Crippen molar-refractivity contribution in [2.75, 3.05) is 7.05 Å². The fourth-order valence-corrected chi connectivity index (χ4v) is 2.18. The minimum atomic E-state index is -1.04. The summed E-state index contributed by atoms with van der Waals surface area (Å²) in [5.41, 5.74) is 1.79. The summed E-state index contributed by atoms with van der Waals surface area (Å²) in [6, 6.07) is 9.47. The van der Waals surface area contributed by atoms with Gasteiger partial charge in [0, 0.05) is 23.2 Å². The van der Waals surface area contributed by atoms with Crippen LogP contribution in [-0.2, 0) is 6.54 Å². The fraction of sp³-hybridized carbons (Fsp3) is 0.267. The average molecular weight is 294 g/mol. The Bertz CT molecular complexity index is 591. The minimum absolute atomic E-state index is 0.000145. The molecule has 1 unspecified atom stereocenters. The van der Waals surface area contributed by atoms with Gasteiger partial charge in [-0.2, -0.15) is 0 Å². The first-order valence-electron chi connectivity index (χ1n) is 6.24. The summed E-state index contributed by atoms with van der Waals surface area (Å²) in [5, 5.41) is 9.73. The molecule has 0 saturated carbocycles. The molecule has 2 aromatic rings. The first-order chi connectivity index (χ1) is 9.49. The molecule has 1 aromatic heterocycles. The first-order valence-corrected chi connectivity index (χ1v) is 6.62. The molecule has 0 amide bonds. The first kappa shape index (κ1) is 14.6. The fourth-order valence-electron chi connectivity index (χ4n) is 2.05. The zero-order valence-electron chi connectivity index (χ0n) is 11.3. The average Bonchev–Trinajstić information content (AvgIpc) is 2.87. The van der Waals surface area contributed by atoms with Crippen LogP contribution >= 0.6 is 11.6 Å². The van der Waals surface area contributed by atoms with Crippen molar-refractivity contribution in [2.24, 2.45) is 0 Å². The molecule has 0 aliphatic heterocycles. The molecule has 1 heterocycles. The van der Waals surface area contributed by atoms with Crippen molar-refractivity contribution >= 4 is 17.6 Å². The van der Waals surface area contributed by atoms with Gasteiger partial charge in [-0.05, 0) is 37.7 Å². The quantitative estimate of drug-likeness (QED) is 0.910. The topological polar surface area (TPSA) is 53.7 Å². The van der Waals surface area contributed by atoms with Crippen LogP contribution in [0.2, 0.25) is 5.02 Å². The smallest absolute Gasteiger partial charge is 0.372 e. The number of furan rings is 1. The number of carboxylic acids is 1. The highest BCUT2D eigenvalue weighted by molar-refractivity contribution is 6.30. The second-order valence-electron chi connectivity index (χ2n) is 4.72. The van der Waals surface area contributed by atoms with E-state index >= 15 is 0 Å². The largest absolute Gasteiger partial charge is 0.475 e. The van der Waals surface area contributed by atoms with Gasteiger partial charge in [0.05, 0.1) is 6.26 Å². The van der Waals surface area contributed by atoms with E-state index in [1.807, 2.05) is 31.3 Å². The molecule has 106 valence electrons. The number of benzene rings is 1. The van der Waals surface area contributed by atoms with E-state index in [9.17, 15) is 4.79 Å². The minimum Gasteiger partial charge on any atom is -0.475 e. The molecule has 0 radical (unpaired) electrons. The molecule has 1 N–H and O–H groups in total. The summed E-state index contributed by atoms with van der Waals surface area (Å²) < 4.78 is 4.98. The number of nitrogens with zero attached hydrogens (tertiary/aromatic N) is 1. The molecule has 0 bridgehead atoms. The molecule has 2 rings (SSSR count). The van der Waals surface area contributed by atoms with Gasteiger partial charge in [0.2, 0.25) is 5.76 Å². The standard InChI is InChI=1S/C15H16ClNO3/c1-10(11-3-5-13(16)6-4-11)17(2)9-12-7-8-20-14(12)15(18)19/h3-8,10H,9H2,1-2H3,(H,18,19). The van der Waals surface area contributed by atoms with Crippen LogP contribution in [0.1, 0.15) is 34.6 Å². The normalized spacial score (nSPS) is 12.6. The van der Waals surface area contributed by atoms with Gasteiger partial charge in [-0.1, -0.05) is 23.7 Å². The third kappa shape index (κ3) is 3.21. The third-order valence-corrected chi connectivity index (χ3v) is 3.63. The molecule has 5 heteroatoms. The maximum Gasteiger partial charge on any atom is 0.372 e. The van der Waals surface area contributed by atoms with Gasteiger partial charge in [-0.15, -0.1) is 0 Å². The van der Waals surface area contributed by atoms with Gasteiger partial charge in [0.25, 0.3) is 0 Å². The molecule has 0 saturated heterocycles. The maximum atomic E-state index is 11.0. The zero-order chi connectivity index (χ0) is 14.7. The SMILES string of the molecule is CC(c1ccc(Cl)cc1)N(C)Cc1ccoc1C(=O)O. The van der Waals surface area contributed by atoms with E-state index in [-0.39, 0.29) is 11.8 Å². The van der Waals surface area contributed by atoms with Crippen LogP contribution in [-0.4, -0.2) is 23.0 Å². The van der Waals surface area contributed by atoms with E-state index in [1.165, 1.54) is 6.26 Å². The van der Waals surface area contributed by atoms with E-state index in [1.54, 1.807) is 6.07 Å². The van der Waals surface area contributed by atoms with Gasteiger partial charge in [0.15, 0.2) is 0 Å². The summed E-state index contributed by atoms with van der Waals surface area (Å²) in [4.78, 5) is 13.1. The van der Waals surface area contributed by atoms with Gasteiger partial charge >= 0.3 is 5.97 Å². The van der Waals surface area contributed by atoms with Crippen molar-refractivity contribution < 1.29 is 14.3 Å². The Morgan fingerprint density at radius 3 is 2.60 bits per heavy atom. The van der Waals surface area contributed by atoms with E-state index in [4.69, 9.17) is 21.1 Å². The number of hydrogen-bond acceptors (Lipinski definition) is 3. The van der Waals surface area contributed by atoms with E-state index in [0.29, 0.717) is 17.1 Å². The molecule has 1 aromatic carbocycles. The van der Waals surface area contributed by atoms with Gasteiger partial charge in [-0.25, -0.2) is 4.79 Å². The predicted molar refractivity (Wildman–Crippen MR) is 77.0 cm³/mol. The van der Waals surface area contributed by atoms with Crippen molar-refractivity contribution in [1.29, 1.82) is 0 Å². The number of carbonyl (C=O) groups is 1. The Morgan fingerprint density at radius 2 is 2.00 bits per heavy atom. The van der Waals surface area contributed by atoms with Gasteiger partial charge in [0.1, 0.15) is 0 Å². The second kappa shape index (κ2) is 6.11. The van der Waals surface area contributed by atoms with Crippen LogP contribution in [0.15, 0.2) is 41.0 Å². The molecule has 1 atom stereocenters. The summed E-state index contributed by atoms with van der Waals surface area (Å²) >= 11 is 5.88. The van der Waals surface area contributed by atoms with Crippen molar-refractivity contribution in [3.05, 3.63) is 58.5 Å². The van der Waals surface area contributed by atoms with Crippen molar-refractivity contribution in [2.45, 2.75) is 19.5 Å². The van der Waals surface area contributed by atoms with Crippen molar-refractivity contribution in [3.63, 3.8) is 0 Å². The van der Waals surface area contributed by atoms with Crippen LogP contribution in [0.5, 0.6) is 0 Å². The lowest BCUT2D eigenvalue weighted by atomic mass is 10.1. The Hall–Kier alpha value is -1.78. The summed E-state index contributed by atoms with van der Waals surface area (Å²) in [5.74, 6) is -1.04. The molecule has 20 heavy (non-hydrogen) atoms. The zero-order valence-corrected chi connectivity index (χ0v) is 12.1. The van der Waals surface area contributed by atoms with Crippen LogP contribution in [0.4, 0.5) is 0 Å². The number of halogens is 1. The molecule has 4 nitrogen and oxygen atoms in total. The summed E-state index contributed by atoms with van der Waals surface area (Å²) in [6.07, 6.45) is 1.40. The van der Waals surface area contributed by atoms with E-state index in [2.05, 4.69) is 11.8 Å². The Labute approximate surface area is 122 Å². The van der Waals surface area contributed by atoms with Crippen molar-refractivity contribution in [1.82, 2.24) is 4.90 Å². The third-order valence-electron chi connectivity index (χ3n) is 3.37. The number of aromatic carboxylic acids is 1. The van der Waals surface area contributed by atoms with Crippen LogP contribution in [0, 0.1) is 0 Å². The second-order valence-corrected chi connectivity index (χ2v) is 5.16. The Kier molecular flexibility index (Phi) is 4.47. The van der Waals surface area contributed by atoms with E-state index in [0.717, 1.165) is 5.56 Å². The molecular formula is C15H16ClNO3. The van der Waals surface area contributed by atoms with E-state index < -0.39 is 5.97 Å². The highest BCUT2D eigenvalue weighted by Crippen LogP contribution is 2.23. The van der Waals surface area contributed by atoms with Gasteiger partial charge < -0.3 is 9.52 Å². The number of hydrogen-bond donors (Lipinski definition) is 1. The Balaban J connectivity index is 2.11. The molecule has 0 fully saturated rings. The molecule has 0 spiro atoms. The monoisotopic (exact) mass is 293 g/mol. The van der Waals surface area contributed by atoms with Crippen LogP contribution in [0.3, 0.4) is 0 Å². The highest BCUT2D eigenvalue weighted by Gasteiger charge is 2.18. The van der Waals surface area contributed by atoms with Crippen LogP contribution < -0.4 is 0 Å². The van der Waals surface area contributed by atoms with Crippen molar-refractivity contribution in [3.8, 4) is 0 Å². The van der Waals surface area contributed by atoms with Crippen LogP contribution in [0.25, 0.3) is 0 Å². The summed E-state index contributed by atoms with van der Waals surface area (Å²) in [7, 11) is 1.94. The molecule has 0 aliphatic rings. The lowest BCUT2D eigenvalue weighted by Crippen LogP contribution is -2.22. The van der Waals surface area contributed by atoms with Gasteiger partial charge in [-0.3, -0.25) is 4.90 Å². The number of rotatable bonds is 5. The lowest BCUT2D eigenvalue weighted by molar-refractivity contribution is 0.0659. The Morgan fingerprint density at radius 1 is 1.35 bits per heavy atom. The number of carboxylic acid groups (broad SMARTS) is 1. The highest BCUT2D eigenvalue weighted by atomic mass is 35.5.